The molecular weight excluding hydrogens is 368 g/mol. The van der Waals surface area contributed by atoms with Crippen molar-refractivity contribution in [3.05, 3.63) is 64.8 Å². The summed E-state index contributed by atoms with van der Waals surface area (Å²) in [5.74, 6) is -2.89. The standard InChI is InChI=1S/C17H10F4N4O2/c18-10-2-1-8(12(19)4-10)6-25-7-13-11(17(25)26)3-9(5-22-13)15-23-24-16(27-15)14(20)21/h1-5,14H,6-7H2. The van der Waals surface area contributed by atoms with Gasteiger partial charge in [-0.1, -0.05) is 6.07 Å². The van der Waals surface area contributed by atoms with Gasteiger partial charge in [0.1, 0.15) is 11.6 Å². The number of carbonyl (C=O) groups excluding carboxylic acids is 1. The summed E-state index contributed by atoms with van der Waals surface area (Å²) >= 11 is 0. The third-order valence-electron chi connectivity index (χ3n) is 4.08. The summed E-state index contributed by atoms with van der Waals surface area (Å²) < 4.78 is 56.8. The molecule has 0 N–H and O–H groups in total. The van der Waals surface area contributed by atoms with E-state index in [0.29, 0.717) is 5.69 Å². The Morgan fingerprint density at radius 3 is 2.70 bits per heavy atom. The Bertz CT molecular complexity index is 1040. The third kappa shape index (κ3) is 3.14. The van der Waals surface area contributed by atoms with Crippen molar-refractivity contribution in [3.63, 3.8) is 0 Å². The monoisotopic (exact) mass is 378 g/mol. The Kier molecular flexibility index (Phi) is 4.09. The van der Waals surface area contributed by atoms with Crippen LogP contribution < -0.4 is 0 Å². The van der Waals surface area contributed by atoms with Gasteiger partial charge < -0.3 is 9.32 Å². The zero-order chi connectivity index (χ0) is 19.1. The minimum absolute atomic E-state index is 0.0628. The largest absolute Gasteiger partial charge is 0.415 e. The SMILES string of the molecule is O=C1c2cc(-c3nnc(C(F)F)o3)cnc2CN1Cc1ccc(F)cc1F. The van der Waals surface area contributed by atoms with Gasteiger partial charge in [-0.15, -0.1) is 10.2 Å². The van der Waals surface area contributed by atoms with Gasteiger partial charge in [0.2, 0.25) is 5.89 Å². The number of hydrogen-bond acceptors (Lipinski definition) is 5. The second-order valence-electron chi connectivity index (χ2n) is 5.86. The van der Waals surface area contributed by atoms with Crippen LogP contribution in [0.3, 0.4) is 0 Å². The van der Waals surface area contributed by atoms with E-state index >= 15 is 0 Å². The Hall–Kier alpha value is -3.30. The highest BCUT2D eigenvalue weighted by molar-refractivity contribution is 5.98. The van der Waals surface area contributed by atoms with E-state index in [4.69, 9.17) is 4.42 Å². The number of benzene rings is 1. The maximum atomic E-state index is 13.8. The molecule has 0 fully saturated rings. The van der Waals surface area contributed by atoms with Crippen molar-refractivity contribution < 1.29 is 26.8 Å². The molecule has 4 rings (SSSR count). The average Bonchev–Trinajstić information content (AvgIpc) is 3.23. The van der Waals surface area contributed by atoms with Crippen molar-refractivity contribution in [1.29, 1.82) is 0 Å². The molecule has 3 aromatic rings. The quantitative estimate of drug-likeness (QED) is 0.650. The summed E-state index contributed by atoms with van der Waals surface area (Å²) in [5.41, 5.74) is 1.05. The molecule has 0 spiro atoms. The number of nitrogens with zero attached hydrogens (tertiary/aromatic N) is 4. The lowest BCUT2D eigenvalue weighted by Gasteiger charge is -2.15. The van der Waals surface area contributed by atoms with Crippen molar-refractivity contribution in [2.45, 2.75) is 19.5 Å². The smallest absolute Gasteiger partial charge is 0.314 e. The van der Waals surface area contributed by atoms with Crippen LogP contribution in [0.5, 0.6) is 0 Å². The summed E-state index contributed by atoms with van der Waals surface area (Å²) in [4.78, 5) is 18.1. The molecule has 0 aliphatic carbocycles. The molecule has 0 saturated carbocycles. The van der Waals surface area contributed by atoms with E-state index in [0.717, 1.165) is 12.1 Å². The number of rotatable bonds is 4. The molecule has 1 aliphatic heterocycles. The minimum Gasteiger partial charge on any atom is -0.415 e. The van der Waals surface area contributed by atoms with Gasteiger partial charge in [0.05, 0.1) is 23.4 Å². The van der Waals surface area contributed by atoms with E-state index in [1.165, 1.54) is 23.2 Å². The Morgan fingerprint density at radius 2 is 2.00 bits per heavy atom. The maximum absolute atomic E-state index is 13.8. The molecule has 0 bridgehead atoms. The number of carbonyl (C=O) groups is 1. The summed E-state index contributed by atoms with van der Waals surface area (Å²) in [6.07, 6.45) is -1.58. The average molecular weight is 378 g/mol. The van der Waals surface area contributed by atoms with Gasteiger partial charge in [-0.05, 0) is 12.1 Å². The Balaban J connectivity index is 1.59. The molecule has 0 unspecified atom stereocenters. The van der Waals surface area contributed by atoms with Crippen LogP contribution in [0.25, 0.3) is 11.5 Å². The maximum Gasteiger partial charge on any atom is 0.314 e. The van der Waals surface area contributed by atoms with Crippen LogP contribution in [0.4, 0.5) is 17.6 Å². The number of pyridine rings is 1. The van der Waals surface area contributed by atoms with Crippen molar-refractivity contribution in [2.75, 3.05) is 0 Å². The Morgan fingerprint density at radius 1 is 1.19 bits per heavy atom. The fraction of sp³-hybridized carbons (Fsp3) is 0.176. The molecule has 0 saturated heterocycles. The fourth-order valence-electron chi connectivity index (χ4n) is 2.77. The molecule has 1 amide bonds. The van der Waals surface area contributed by atoms with E-state index in [1.54, 1.807) is 0 Å². The number of aromatic nitrogens is 3. The number of alkyl halides is 2. The van der Waals surface area contributed by atoms with Crippen LogP contribution >= 0.6 is 0 Å². The summed E-state index contributed by atoms with van der Waals surface area (Å²) in [5, 5.41) is 6.75. The molecule has 10 heteroatoms. The summed E-state index contributed by atoms with van der Waals surface area (Å²) in [6, 6.07) is 4.53. The van der Waals surface area contributed by atoms with E-state index in [1.807, 2.05) is 0 Å². The van der Waals surface area contributed by atoms with Gasteiger partial charge in [-0.2, -0.15) is 8.78 Å². The van der Waals surface area contributed by atoms with Crippen LogP contribution in [-0.4, -0.2) is 26.0 Å². The molecule has 1 aromatic carbocycles. The van der Waals surface area contributed by atoms with Crippen molar-refractivity contribution in [2.24, 2.45) is 0 Å². The first-order valence-electron chi connectivity index (χ1n) is 7.76. The zero-order valence-electron chi connectivity index (χ0n) is 13.5. The van der Waals surface area contributed by atoms with Crippen molar-refractivity contribution in [1.82, 2.24) is 20.1 Å². The topological polar surface area (TPSA) is 72.1 Å². The molecule has 27 heavy (non-hydrogen) atoms. The fourth-order valence-corrected chi connectivity index (χ4v) is 2.77. The highest BCUT2D eigenvalue weighted by Crippen LogP contribution is 2.29. The first-order valence-corrected chi connectivity index (χ1v) is 7.76. The molecule has 1 aliphatic rings. The van der Waals surface area contributed by atoms with Crippen LogP contribution in [0.15, 0.2) is 34.9 Å². The van der Waals surface area contributed by atoms with E-state index in [9.17, 15) is 22.4 Å². The molecule has 138 valence electrons. The molecule has 6 nitrogen and oxygen atoms in total. The number of hydrogen-bond donors (Lipinski definition) is 0. The van der Waals surface area contributed by atoms with Crippen molar-refractivity contribution >= 4 is 5.91 Å². The van der Waals surface area contributed by atoms with E-state index in [2.05, 4.69) is 15.2 Å². The zero-order valence-corrected chi connectivity index (χ0v) is 13.5. The first-order chi connectivity index (χ1) is 12.9. The Labute approximate surface area is 149 Å². The molecule has 0 radical (unpaired) electrons. The second kappa shape index (κ2) is 6.45. The van der Waals surface area contributed by atoms with Gasteiger partial charge in [-0.3, -0.25) is 9.78 Å². The van der Waals surface area contributed by atoms with Crippen LogP contribution in [0.1, 0.15) is 33.9 Å². The molecule has 3 heterocycles. The third-order valence-corrected chi connectivity index (χ3v) is 4.08. The number of halogens is 4. The number of fused-ring (bicyclic) bond motifs is 1. The van der Waals surface area contributed by atoms with E-state index < -0.39 is 29.9 Å². The van der Waals surface area contributed by atoms with Crippen LogP contribution in [0, 0.1) is 11.6 Å². The normalized spacial score (nSPS) is 13.5. The van der Waals surface area contributed by atoms with Crippen LogP contribution in [-0.2, 0) is 13.1 Å². The predicted molar refractivity (Wildman–Crippen MR) is 82.4 cm³/mol. The lowest BCUT2D eigenvalue weighted by atomic mass is 10.1. The summed E-state index contributed by atoms with van der Waals surface area (Å²) in [7, 11) is 0. The minimum atomic E-state index is -2.91. The van der Waals surface area contributed by atoms with Crippen molar-refractivity contribution in [3.8, 4) is 11.5 Å². The van der Waals surface area contributed by atoms with Gasteiger partial charge in [0.15, 0.2) is 0 Å². The van der Waals surface area contributed by atoms with Gasteiger partial charge in [0.25, 0.3) is 11.8 Å². The van der Waals surface area contributed by atoms with Gasteiger partial charge in [0, 0.05) is 24.4 Å². The highest BCUT2D eigenvalue weighted by Gasteiger charge is 2.30. The first kappa shape index (κ1) is 17.1. The highest BCUT2D eigenvalue weighted by atomic mass is 19.3. The number of amides is 1. The van der Waals surface area contributed by atoms with E-state index in [-0.39, 0.29) is 35.7 Å². The lowest BCUT2D eigenvalue weighted by Crippen LogP contribution is -2.23. The molecular formula is C17H10F4N4O2. The second-order valence-corrected chi connectivity index (χ2v) is 5.86. The van der Waals surface area contributed by atoms with Gasteiger partial charge >= 0.3 is 6.43 Å². The molecule has 0 atom stereocenters. The molecule has 2 aromatic heterocycles. The van der Waals surface area contributed by atoms with Crippen LogP contribution in [0.2, 0.25) is 0 Å². The summed E-state index contributed by atoms with van der Waals surface area (Å²) in [6.45, 7) is 0.0735. The van der Waals surface area contributed by atoms with Gasteiger partial charge in [-0.25, -0.2) is 8.78 Å². The predicted octanol–water partition coefficient (Wildman–Crippen LogP) is 3.50. The lowest BCUT2D eigenvalue weighted by molar-refractivity contribution is 0.0764.